The van der Waals surface area contributed by atoms with Crippen LogP contribution in [0, 0.1) is 5.41 Å². The van der Waals surface area contributed by atoms with E-state index in [1.165, 1.54) is 16.0 Å². The lowest BCUT2D eigenvalue weighted by Gasteiger charge is -2.40. The lowest BCUT2D eigenvalue weighted by molar-refractivity contribution is -0.139. The van der Waals surface area contributed by atoms with Gasteiger partial charge in [0, 0.05) is 24.8 Å². The first-order valence-corrected chi connectivity index (χ1v) is 12.3. The number of amides is 1. The molecule has 194 valence electrons. The molecule has 2 N–H and O–H groups in total. The number of hydrogen-bond donors (Lipinski definition) is 1. The Morgan fingerprint density at radius 1 is 1.08 bits per heavy atom. The van der Waals surface area contributed by atoms with E-state index in [-0.39, 0.29) is 25.5 Å². The Bertz CT molecular complexity index is 1270. The molecule has 0 bridgehead atoms. The lowest BCUT2D eigenvalue weighted by atomic mass is 9.84. The number of carbonyl (C=O) groups excluding carboxylic acids is 1. The number of nitrogens with zero attached hydrogens (tertiary/aromatic N) is 7. The topological polar surface area (TPSA) is 108 Å². The first kappa shape index (κ1) is 26.2. The molecule has 0 radical (unpaired) electrons. The Hall–Kier alpha value is -3.92. The van der Waals surface area contributed by atoms with Crippen LogP contribution in [0.2, 0.25) is 0 Å². The minimum absolute atomic E-state index is 0.172. The number of benzene rings is 2. The largest absolute Gasteiger partial charge is 0.328 e. The van der Waals surface area contributed by atoms with Crippen LogP contribution in [0.3, 0.4) is 0 Å². The van der Waals surface area contributed by atoms with Crippen molar-refractivity contribution in [2.75, 3.05) is 13.1 Å². The molecule has 0 spiro atoms. The van der Waals surface area contributed by atoms with Crippen molar-refractivity contribution in [2.45, 2.75) is 46.1 Å². The van der Waals surface area contributed by atoms with E-state index >= 15 is 0 Å². The second-order valence-corrected chi connectivity index (χ2v) is 10.1. The number of tetrazole rings is 1. The van der Waals surface area contributed by atoms with Crippen molar-refractivity contribution >= 4 is 5.91 Å². The van der Waals surface area contributed by atoms with Gasteiger partial charge in [-0.25, -0.2) is 9.37 Å². The van der Waals surface area contributed by atoms with E-state index < -0.39 is 17.6 Å². The third kappa shape index (κ3) is 6.45. The SMILES string of the molecule is CC(C)(C)C(c1nc(-c2ccccc2)cn1Cc1ccccc1)N(CC(F)CN)C(=O)Cn1ncnn1. The van der Waals surface area contributed by atoms with Gasteiger partial charge < -0.3 is 15.2 Å². The zero-order valence-electron chi connectivity index (χ0n) is 21.4. The maximum atomic E-state index is 14.8. The van der Waals surface area contributed by atoms with Crippen LogP contribution < -0.4 is 5.73 Å². The predicted octanol–water partition coefficient (Wildman–Crippen LogP) is 3.50. The molecule has 2 heterocycles. The minimum Gasteiger partial charge on any atom is -0.328 e. The molecule has 0 fully saturated rings. The average Bonchev–Trinajstić information content (AvgIpc) is 3.54. The number of hydrogen-bond acceptors (Lipinski definition) is 6. The minimum atomic E-state index is -1.40. The summed E-state index contributed by atoms with van der Waals surface area (Å²) in [6.45, 7) is 6.06. The van der Waals surface area contributed by atoms with Gasteiger partial charge in [-0.3, -0.25) is 4.79 Å². The maximum Gasteiger partial charge on any atom is 0.246 e. The Morgan fingerprint density at radius 2 is 1.76 bits per heavy atom. The first-order chi connectivity index (χ1) is 17.8. The van der Waals surface area contributed by atoms with E-state index in [0.29, 0.717) is 12.4 Å². The Labute approximate surface area is 216 Å². The number of aromatic nitrogens is 6. The van der Waals surface area contributed by atoms with Gasteiger partial charge in [0.1, 0.15) is 18.5 Å². The molecular formula is C27H33FN8O. The van der Waals surface area contributed by atoms with E-state index in [2.05, 4.69) is 20.0 Å². The quantitative estimate of drug-likeness (QED) is 0.354. The highest BCUT2D eigenvalue weighted by Gasteiger charge is 2.39. The fourth-order valence-electron chi connectivity index (χ4n) is 4.41. The maximum absolute atomic E-state index is 14.8. The summed E-state index contributed by atoms with van der Waals surface area (Å²) < 4.78 is 16.9. The Balaban J connectivity index is 1.83. The van der Waals surface area contributed by atoms with Crippen LogP contribution >= 0.6 is 0 Å². The van der Waals surface area contributed by atoms with Gasteiger partial charge in [0.15, 0.2) is 6.33 Å². The van der Waals surface area contributed by atoms with E-state index in [9.17, 15) is 9.18 Å². The highest BCUT2D eigenvalue weighted by atomic mass is 19.1. The van der Waals surface area contributed by atoms with Crippen LogP contribution in [0.15, 0.2) is 73.2 Å². The Morgan fingerprint density at radius 3 is 2.35 bits per heavy atom. The molecule has 2 atom stereocenters. The van der Waals surface area contributed by atoms with Crippen LogP contribution in [0.25, 0.3) is 11.3 Å². The van der Waals surface area contributed by atoms with Crippen LogP contribution in [-0.4, -0.2) is 59.8 Å². The second-order valence-electron chi connectivity index (χ2n) is 10.1. The molecule has 1 amide bonds. The molecule has 0 aliphatic heterocycles. The molecule has 0 aliphatic carbocycles. The molecule has 0 aliphatic rings. The van der Waals surface area contributed by atoms with Gasteiger partial charge in [0.2, 0.25) is 5.91 Å². The van der Waals surface area contributed by atoms with E-state index in [1.54, 1.807) is 0 Å². The number of carbonyl (C=O) groups is 1. The summed E-state index contributed by atoms with van der Waals surface area (Å²) in [5.41, 5.74) is 7.97. The molecule has 4 rings (SSSR count). The van der Waals surface area contributed by atoms with Gasteiger partial charge in [-0.05, 0) is 16.2 Å². The normalized spacial score (nSPS) is 13.3. The van der Waals surface area contributed by atoms with Crippen molar-refractivity contribution in [1.29, 1.82) is 0 Å². The smallest absolute Gasteiger partial charge is 0.246 e. The zero-order valence-corrected chi connectivity index (χ0v) is 21.4. The van der Waals surface area contributed by atoms with E-state index in [0.717, 1.165) is 16.8 Å². The van der Waals surface area contributed by atoms with E-state index in [1.807, 2.05) is 87.6 Å². The summed E-state index contributed by atoms with van der Waals surface area (Å²) in [5.74, 6) is 0.323. The highest BCUT2D eigenvalue weighted by Crippen LogP contribution is 2.39. The van der Waals surface area contributed by atoms with Gasteiger partial charge in [0.05, 0.1) is 18.3 Å². The fraction of sp³-hybridized carbons (Fsp3) is 0.370. The summed E-state index contributed by atoms with van der Waals surface area (Å²) in [4.78, 5) is 21.4. The third-order valence-corrected chi connectivity index (χ3v) is 6.09. The summed E-state index contributed by atoms with van der Waals surface area (Å²) >= 11 is 0. The number of alkyl halides is 1. The van der Waals surface area contributed by atoms with Crippen LogP contribution in [0.5, 0.6) is 0 Å². The van der Waals surface area contributed by atoms with Gasteiger partial charge >= 0.3 is 0 Å². The molecule has 2 unspecified atom stereocenters. The molecule has 0 saturated carbocycles. The highest BCUT2D eigenvalue weighted by molar-refractivity contribution is 5.76. The molecule has 4 aromatic rings. The number of halogens is 1. The number of rotatable bonds is 10. The fourth-order valence-corrected chi connectivity index (χ4v) is 4.41. The van der Waals surface area contributed by atoms with Crippen LogP contribution in [0.1, 0.15) is 38.2 Å². The third-order valence-electron chi connectivity index (χ3n) is 6.09. The molecular weight excluding hydrogens is 471 g/mol. The average molecular weight is 505 g/mol. The monoisotopic (exact) mass is 504 g/mol. The lowest BCUT2D eigenvalue weighted by Crippen LogP contribution is -2.47. The number of nitrogens with two attached hydrogens (primary N) is 1. The van der Waals surface area contributed by atoms with Gasteiger partial charge in [-0.2, -0.15) is 4.80 Å². The first-order valence-electron chi connectivity index (χ1n) is 12.3. The van der Waals surface area contributed by atoms with Crippen molar-refractivity contribution in [1.82, 2.24) is 34.7 Å². The second kappa shape index (κ2) is 11.4. The standard InChI is InChI=1S/C27H33FN8O/c1-27(2,3)25(35(16-22(28)14-29)24(37)18-36-31-19-30-33-36)26-32-23(21-12-8-5-9-13-21)17-34(26)15-20-10-6-4-7-11-20/h4-13,17,19,22,25H,14-16,18,29H2,1-3H3. The van der Waals surface area contributed by atoms with Crippen LogP contribution in [0.4, 0.5) is 4.39 Å². The van der Waals surface area contributed by atoms with Gasteiger partial charge in [-0.15, -0.1) is 10.2 Å². The molecule has 9 nitrogen and oxygen atoms in total. The number of imidazole rings is 1. The zero-order chi connectivity index (χ0) is 26.4. The molecule has 2 aromatic heterocycles. The van der Waals surface area contributed by atoms with Gasteiger partial charge in [-0.1, -0.05) is 81.4 Å². The Kier molecular flexibility index (Phi) is 8.08. The summed E-state index contributed by atoms with van der Waals surface area (Å²) in [7, 11) is 0. The molecule has 0 saturated heterocycles. The molecule has 2 aromatic carbocycles. The van der Waals surface area contributed by atoms with Crippen LogP contribution in [-0.2, 0) is 17.9 Å². The van der Waals surface area contributed by atoms with Crippen molar-refractivity contribution in [2.24, 2.45) is 11.1 Å². The molecule has 37 heavy (non-hydrogen) atoms. The summed E-state index contributed by atoms with van der Waals surface area (Å²) in [6.07, 6.45) is 1.85. The molecule has 10 heteroatoms. The predicted molar refractivity (Wildman–Crippen MR) is 139 cm³/mol. The van der Waals surface area contributed by atoms with Crippen molar-refractivity contribution in [3.63, 3.8) is 0 Å². The van der Waals surface area contributed by atoms with Crippen molar-refractivity contribution in [3.05, 3.63) is 84.6 Å². The summed E-state index contributed by atoms with van der Waals surface area (Å²) in [5, 5.41) is 11.5. The van der Waals surface area contributed by atoms with Gasteiger partial charge in [0.25, 0.3) is 0 Å². The van der Waals surface area contributed by atoms with E-state index in [4.69, 9.17) is 10.7 Å². The van der Waals surface area contributed by atoms with Crippen molar-refractivity contribution in [3.8, 4) is 11.3 Å². The van der Waals surface area contributed by atoms with Crippen molar-refractivity contribution < 1.29 is 9.18 Å². The summed E-state index contributed by atoms with van der Waals surface area (Å²) in [6, 6.07) is 19.3.